The van der Waals surface area contributed by atoms with Gasteiger partial charge in [-0.25, -0.2) is 8.78 Å². The molecule has 4 nitrogen and oxygen atoms in total. The van der Waals surface area contributed by atoms with Gasteiger partial charge in [-0.3, -0.25) is 9.59 Å². The van der Waals surface area contributed by atoms with E-state index in [-0.39, 0.29) is 36.5 Å². The van der Waals surface area contributed by atoms with E-state index >= 15 is 0 Å². The van der Waals surface area contributed by atoms with E-state index in [0.717, 1.165) is 12.8 Å². The van der Waals surface area contributed by atoms with Crippen LogP contribution in [0, 0.1) is 17.3 Å². The molecule has 2 amide bonds. The summed E-state index contributed by atoms with van der Waals surface area (Å²) >= 11 is 0. The first-order valence-electron chi connectivity index (χ1n) is 7.09. The molecule has 0 aromatic carbocycles. The van der Waals surface area contributed by atoms with E-state index < -0.39 is 5.92 Å². The summed E-state index contributed by atoms with van der Waals surface area (Å²) in [5.41, 5.74) is 3.78. The molecule has 0 bridgehead atoms. The van der Waals surface area contributed by atoms with Gasteiger partial charge < -0.3 is 11.1 Å². The Kier molecular flexibility index (Phi) is 5.48. The van der Waals surface area contributed by atoms with Crippen LogP contribution in [-0.4, -0.2) is 25.3 Å². The number of nitrogens with one attached hydrogen (secondary N) is 1. The number of hydrogen-bond donors (Lipinski definition) is 2. The number of primary amides is 1. The van der Waals surface area contributed by atoms with Crippen LogP contribution < -0.4 is 11.1 Å². The molecule has 2 rings (SSSR count). The lowest BCUT2D eigenvalue weighted by Gasteiger charge is -2.31. The molecule has 2 aliphatic rings. The van der Waals surface area contributed by atoms with Crippen molar-refractivity contribution in [1.82, 2.24) is 5.32 Å². The Morgan fingerprint density at radius 3 is 2.40 bits per heavy atom. The van der Waals surface area contributed by atoms with Crippen LogP contribution in [0.2, 0.25) is 0 Å². The van der Waals surface area contributed by atoms with Gasteiger partial charge in [0.2, 0.25) is 18.2 Å². The Bertz CT molecular complexity index is 363. The third kappa shape index (κ3) is 3.46. The summed E-state index contributed by atoms with van der Waals surface area (Å²) in [6, 6.07) is 0. The zero-order valence-corrected chi connectivity index (χ0v) is 12.1. The van der Waals surface area contributed by atoms with E-state index in [1.165, 1.54) is 0 Å². The van der Waals surface area contributed by atoms with Crippen molar-refractivity contribution < 1.29 is 18.4 Å². The number of nitrogens with two attached hydrogens (primary N) is 1. The minimum absolute atomic E-state index is 0.00169. The minimum Gasteiger partial charge on any atom is -0.372 e. The lowest BCUT2D eigenvalue weighted by Crippen LogP contribution is -2.37. The van der Waals surface area contributed by atoms with Gasteiger partial charge in [-0.1, -0.05) is 6.92 Å². The van der Waals surface area contributed by atoms with E-state index in [0.29, 0.717) is 18.8 Å². The van der Waals surface area contributed by atoms with Crippen molar-refractivity contribution in [1.29, 1.82) is 0 Å². The smallest absolute Gasteiger partial charge is 0.248 e. The molecule has 0 aromatic rings. The molecular formula is C14H24F2N2O2. The van der Waals surface area contributed by atoms with Crippen molar-refractivity contribution in [3.05, 3.63) is 0 Å². The van der Waals surface area contributed by atoms with E-state index in [1.54, 1.807) is 7.05 Å². The van der Waals surface area contributed by atoms with Crippen LogP contribution in [0.25, 0.3) is 0 Å². The number of rotatable bonds is 2. The Labute approximate surface area is 118 Å². The number of carbonyl (C=O) groups excluding carboxylic acids is 2. The first-order chi connectivity index (χ1) is 9.34. The number of fused-ring (bicyclic) bond motifs is 1. The van der Waals surface area contributed by atoms with Crippen molar-refractivity contribution in [2.45, 2.75) is 51.4 Å². The maximum Gasteiger partial charge on any atom is 0.248 e. The van der Waals surface area contributed by atoms with Gasteiger partial charge in [-0.05, 0) is 37.5 Å². The van der Waals surface area contributed by atoms with Crippen LogP contribution in [-0.2, 0) is 9.59 Å². The topological polar surface area (TPSA) is 72.2 Å². The molecule has 0 radical (unpaired) electrons. The number of halogens is 2. The summed E-state index contributed by atoms with van der Waals surface area (Å²) in [7, 11) is 1.64. The fourth-order valence-corrected chi connectivity index (χ4v) is 3.78. The highest BCUT2D eigenvalue weighted by Crippen LogP contribution is 2.56. The van der Waals surface area contributed by atoms with E-state index in [1.807, 2.05) is 6.92 Å². The van der Waals surface area contributed by atoms with Gasteiger partial charge in [0.1, 0.15) is 0 Å². The van der Waals surface area contributed by atoms with Gasteiger partial charge in [0.25, 0.3) is 0 Å². The normalized spacial score (nSPS) is 34.4. The van der Waals surface area contributed by atoms with Crippen molar-refractivity contribution >= 4 is 12.3 Å². The maximum atomic E-state index is 13.4. The third-order valence-electron chi connectivity index (χ3n) is 4.80. The molecule has 6 heteroatoms. The van der Waals surface area contributed by atoms with Crippen molar-refractivity contribution in [3.63, 3.8) is 0 Å². The van der Waals surface area contributed by atoms with Gasteiger partial charge in [0.05, 0.1) is 0 Å². The zero-order chi connectivity index (χ0) is 15.4. The van der Waals surface area contributed by atoms with Crippen LogP contribution in [0.3, 0.4) is 0 Å². The number of alkyl halides is 2. The summed E-state index contributed by atoms with van der Waals surface area (Å²) in [6.45, 7) is 1.99. The predicted octanol–water partition coefficient (Wildman–Crippen LogP) is 2.08. The van der Waals surface area contributed by atoms with Crippen LogP contribution >= 0.6 is 0 Å². The lowest BCUT2D eigenvalue weighted by molar-refractivity contribution is -0.130. The van der Waals surface area contributed by atoms with Crippen LogP contribution in [0.15, 0.2) is 0 Å². The Balaban J connectivity index is 0.000000612. The summed E-state index contributed by atoms with van der Waals surface area (Å²) in [5, 5.41) is 2.70. The molecular weight excluding hydrogens is 266 g/mol. The van der Waals surface area contributed by atoms with Crippen LogP contribution in [0.5, 0.6) is 0 Å². The molecule has 20 heavy (non-hydrogen) atoms. The van der Waals surface area contributed by atoms with Crippen molar-refractivity contribution in [2.75, 3.05) is 7.05 Å². The highest BCUT2D eigenvalue weighted by molar-refractivity contribution is 5.82. The Morgan fingerprint density at radius 2 is 1.90 bits per heavy atom. The molecule has 3 atom stereocenters. The first kappa shape index (κ1) is 16.9. The molecule has 0 aliphatic heterocycles. The molecule has 3 unspecified atom stereocenters. The second-order valence-corrected chi connectivity index (χ2v) is 5.88. The molecule has 0 saturated heterocycles. The van der Waals surface area contributed by atoms with E-state index in [9.17, 15) is 13.6 Å². The van der Waals surface area contributed by atoms with Gasteiger partial charge in [0.15, 0.2) is 0 Å². The zero-order valence-electron chi connectivity index (χ0n) is 12.1. The van der Waals surface area contributed by atoms with E-state index in [2.05, 4.69) is 11.1 Å². The molecule has 0 spiro atoms. The SMILES string of the molecule is CCC1(C(=O)NC)CC2CCC(F)(F)CC2C1.NC=O. The molecule has 2 saturated carbocycles. The van der Waals surface area contributed by atoms with Gasteiger partial charge >= 0.3 is 0 Å². The third-order valence-corrected chi connectivity index (χ3v) is 4.80. The number of carbonyl (C=O) groups is 2. The highest BCUT2D eigenvalue weighted by atomic mass is 19.3. The highest BCUT2D eigenvalue weighted by Gasteiger charge is 2.53. The van der Waals surface area contributed by atoms with Crippen LogP contribution in [0.4, 0.5) is 8.78 Å². The summed E-state index contributed by atoms with van der Waals surface area (Å²) in [4.78, 5) is 20.6. The van der Waals surface area contributed by atoms with E-state index in [4.69, 9.17) is 4.79 Å². The van der Waals surface area contributed by atoms with Gasteiger partial charge in [0, 0.05) is 25.3 Å². The molecule has 2 fully saturated rings. The summed E-state index contributed by atoms with van der Waals surface area (Å²) in [6.07, 6.45) is 3.01. The fourth-order valence-electron chi connectivity index (χ4n) is 3.78. The average Bonchev–Trinajstić information content (AvgIpc) is 2.76. The van der Waals surface area contributed by atoms with Gasteiger partial charge in [-0.15, -0.1) is 0 Å². The number of hydrogen-bond acceptors (Lipinski definition) is 2. The summed E-state index contributed by atoms with van der Waals surface area (Å²) in [5.74, 6) is -2.10. The predicted molar refractivity (Wildman–Crippen MR) is 72.1 cm³/mol. The second kappa shape index (κ2) is 6.50. The molecule has 0 aromatic heterocycles. The first-order valence-corrected chi connectivity index (χ1v) is 7.09. The van der Waals surface area contributed by atoms with Crippen molar-refractivity contribution in [3.8, 4) is 0 Å². The average molecular weight is 290 g/mol. The Morgan fingerprint density at radius 1 is 1.35 bits per heavy atom. The number of amides is 2. The van der Waals surface area contributed by atoms with Crippen LogP contribution in [0.1, 0.15) is 45.4 Å². The maximum absolute atomic E-state index is 13.4. The molecule has 3 N–H and O–H groups in total. The quantitative estimate of drug-likeness (QED) is 0.764. The molecule has 2 aliphatic carbocycles. The Hall–Kier alpha value is -1.20. The molecule has 0 heterocycles. The standard InChI is InChI=1S/C13H21F2NO.CH3NO/c1-3-12(11(17)16-2)6-9-4-5-13(14,15)8-10(9)7-12;2-1-3/h9-10H,3-8H2,1-2H3,(H,16,17);1H,(H2,2,3). The molecule has 116 valence electrons. The van der Waals surface area contributed by atoms with Crippen molar-refractivity contribution in [2.24, 2.45) is 23.0 Å². The minimum atomic E-state index is -2.51. The fraction of sp³-hybridized carbons (Fsp3) is 0.857. The monoisotopic (exact) mass is 290 g/mol. The largest absolute Gasteiger partial charge is 0.372 e. The summed E-state index contributed by atoms with van der Waals surface area (Å²) < 4.78 is 26.8. The second-order valence-electron chi connectivity index (χ2n) is 5.88. The van der Waals surface area contributed by atoms with Gasteiger partial charge in [-0.2, -0.15) is 0 Å². The lowest BCUT2D eigenvalue weighted by atomic mass is 9.80.